The maximum Gasteiger partial charge on any atom is 0.0705 e. The molecule has 0 radical (unpaired) electrons. The molecule has 0 unspecified atom stereocenters. The number of pyridine rings is 2. The molecule has 1 aromatic carbocycles. The highest BCUT2D eigenvalue weighted by atomic mass is 14.7. The Labute approximate surface area is 136 Å². The molecule has 0 saturated carbocycles. The van der Waals surface area contributed by atoms with E-state index in [4.69, 9.17) is 4.98 Å². The van der Waals surface area contributed by atoms with Crippen LogP contribution in [0.3, 0.4) is 0 Å². The third-order valence-corrected chi connectivity index (χ3v) is 5.13. The number of hydrogen-bond acceptors (Lipinski definition) is 2. The fourth-order valence-electron chi connectivity index (χ4n) is 4.00. The molecular formula is C21H18N2. The van der Waals surface area contributed by atoms with Crippen molar-refractivity contribution >= 4 is 0 Å². The van der Waals surface area contributed by atoms with Crippen molar-refractivity contribution in [2.45, 2.75) is 32.1 Å². The molecule has 0 saturated heterocycles. The molecule has 2 aromatic heterocycles. The number of rotatable bonds is 1. The normalized spacial score (nSPS) is 15.0. The van der Waals surface area contributed by atoms with Crippen LogP contribution >= 0.6 is 0 Å². The highest BCUT2D eigenvalue weighted by molar-refractivity contribution is 5.83. The van der Waals surface area contributed by atoms with Gasteiger partial charge in [0.25, 0.3) is 0 Å². The summed E-state index contributed by atoms with van der Waals surface area (Å²) in [6.45, 7) is 0. The quantitative estimate of drug-likeness (QED) is 0.513. The van der Waals surface area contributed by atoms with E-state index in [9.17, 15) is 0 Å². The van der Waals surface area contributed by atoms with Crippen LogP contribution in [0.15, 0.2) is 48.7 Å². The first-order valence-electron chi connectivity index (χ1n) is 8.45. The zero-order chi connectivity index (χ0) is 15.2. The molecule has 2 aliphatic carbocycles. The molecule has 3 aromatic rings. The van der Waals surface area contributed by atoms with E-state index in [0.717, 1.165) is 18.5 Å². The predicted molar refractivity (Wildman–Crippen MR) is 92.4 cm³/mol. The Morgan fingerprint density at radius 3 is 2.61 bits per heavy atom. The zero-order valence-corrected chi connectivity index (χ0v) is 13.0. The first kappa shape index (κ1) is 13.0. The molecule has 0 N–H and O–H groups in total. The molecule has 23 heavy (non-hydrogen) atoms. The molecule has 0 amide bonds. The molecule has 0 spiro atoms. The minimum absolute atomic E-state index is 0.935. The topological polar surface area (TPSA) is 25.8 Å². The number of nitrogens with zero attached hydrogens (tertiary/aromatic N) is 2. The lowest BCUT2D eigenvalue weighted by atomic mass is 9.93. The Balaban J connectivity index is 1.69. The van der Waals surface area contributed by atoms with Crippen molar-refractivity contribution in [3.63, 3.8) is 0 Å². The number of aromatic nitrogens is 2. The van der Waals surface area contributed by atoms with E-state index in [-0.39, 0.29) is 0 Å². The summed E-state index contributed by atoms with van der Waals surface area (Å²) in [6.07, 6.45) is 7.72. The first-order valence-corrected chi connectivity index (χ1v) is 8.45. The number of benzene rings is 1. The lowest BCUT2D eigenvalue weighted by Crippen LogP contribution is -2.07. The number of hydrogen-bond donors (Lipinski definition) is 0. The Morgan fingerprint density at radius 2 is 1.70 bits per heavy atom. The molecule has 0 aliphatic heterocycles. The Kier molecular flexibility index (Phi) is 2.84. The van der Waals surface area contributed by atoms with Crippen molar-refractivity contribution in [1.82, 2.24) is 9.97 Å². The van der Waals surface area contributed by atoms with Gasteiger partial charge in [0, 0.05) is 29.4 Å². The summed E-state index contributed by atoms with van der Waals surface area (Å²) in [7, 11) is 0. The van der Waals surface area contributed by atoms with Gasteiger partial charge in [-0.15, -0.1) is 0 Å². The Hall–Kier alpha value is -2.48. The zero-order valence-electron chi connectivity index (χ0n) is 13.0. The standard InChI is InChI=1S/C21H18N2/c1-2-9-19-14(6-1)12-18-15-7-5-8-16(17(15)13-21(18)23-19)20-10-3-4-11-22-20/h3-5,7-8,10-12H,1-2,6,9,13H2. The highest BCUT2D eigenvalue weighted by Gasteiger charge is 2.25. The van der Waals surface area contributed by atoms with Crippen LogP contribution in [0.4, 0.5) is 0 Å². The van der Waals surface area contributed by atoms with E-state index in [1.54, 1.807) is 0 Å². The van der Waals surface area contributed by atoms with Crippen molar-refractivity contribution in [1.29, 1.82) is 0 Å². The fourth-order valence-corrected chi connectivity index (χ4v) is 4.00. The van der Waals surface area contributed by atoms with Gasteiger partial charge in [0.05, 0.1) is 11.4 Å². The van der Waals surface area contributed by atoms with Gasteiger partial charge in [-0.3, -0.25) is 9.97 Å². The van der Waals surface area contributed by atoms with Gasteiger partial charge in [-0.05, 0) is 60.6 Å². The third kappa shape index (κ3) is 2.02. The van der Waals surface area contributed by atoms with Gasteiger partial charge < -0.3 is 0 Å². The van der Waals surface area contributed by atoms with Gasteiger partial charge in [-0.25, -0.2) is 0 Å². The molecule has 2 heterocycles. The Morgan fingerprint density at radius 1 is 0.783 bits per heavy atom. The molecule has 2 nitrogen and oxygen atoms in total. The first-order chi connectivity index (χ1) is 11.4. The summed E-state index contributed by atoms with van der Waals surface area (Å²) < 4.78 is 0. The van der Waals surface area contributed by atoms with Crippen molar-refractivity contribution < 1.29 is 0 Å². The van der Waals surface area contributed by atoms with E-state index in [2.05, 4.69) is 41.4 Å². The largest absolute Gasteiger partial charge is 0.257 e. The molecule has 5 rings (SSSR count). The van der Waals surface area contributed by atoms with Crippen molar-refractivity contribution in [3.8, 4) is 22.4 Å². The van der Waals surface area contributed by atoms with Crippen LogP contribution in [0.5, 0.6) is 0 Å². The van der Waals surface area contributed by atoms with Crippen LogP contribution in [0.1, 0.15) is 35.4 Å². The van der Waals surface area contributed by atoms with E-state index < -0.39 is 0 Å². The van der Waals surface area contributed by atoms with Crippen molar-refractivity contribution in [2.24, 2.45) is 0 Å². The van der Waals surface area contributed by atoms with Crippen LogP contribution in [0.2, 0.25) is 0 Å². The van der Waals surface area contributed by atoms with Gasteiger partial charge in [0.15, 0.2) is 0 Å². The van der Waals surface area contributed by atoms with Crippen LogP contribution in [0.25, 0.3) is 22.4 Å². The average molecular weight is 298 g/mol. The second kappa shape index (κ2) is 5.02. The maximum atomic E-state index is 5.02. The second-order valence-electron chi connectivity index (χ2n) is 6.52. The van der Waals surface area contributed by atoms with Crippen molar-refractivity contribution in [3.05, 3.63) is 71.2 Å². The van der Waals surface area contributed by atoms with E-state index in [0.29, 0.717) is 0 Å². The summed E-state index contributed by atoms with van der Waals surface area (Å²) in [5.74, 6) is 0. The minimum atomic E-state index is 0.935. The van der Waals surface area contributed by atoms with Gasteiger partial charge in [0.1, 0.15) is 0 Å². The number of aryl methyl sites for hydroxylation is 2. The highest BCUT2D eigenvalue weighted by Crippen LogP contribution is 2.41. The molecule has 2 aliphatic rings. The summed E-state index contributed by atoms with van der Waals surface area (Å²) in [5, 5.41) is 0. The molecule has 112 valence electrons. The van der Waals surface area contributed by atoms with Crippen LogP contribution in [-0.4, -0.2) is 9.97 Å². The summed E-state index contributed by atoms with van der Waals surface area (Å²) in [6, 6.07) is 15.1. The molecule has 0 bridgehead atoms. The molecule has 0 fully saturated rings. The second-order valence-corrected chi connectivity index (χ2v) is 6.52. The van der Waals surface area contributed by atoms with E-state index in [1.165, 1.54) is 58.5 Å². The van der Waals surface area contributed by atoms with E-state index in [1.807, 2.05) is 12.3 Å². The third-order valence-electron chi connectivity index (χ3n) is 5.13. The van der Waals surface area contributed by atoms with Crippen molar-refractivity contribution in [2.75, 3.05) is 0 Å². The lowest BCUT2D eigenvalue weighted by Gasteiger charge is -2.16. The fraction of sp³-hybridized carbons (Fsp3) is 0.238. The average Bonchev–Trinajstić information content (AvgIpc) is 2.98. The minimum Gasteiger partial charge on any atom is -0.257 e. The molecule has 0 atom stereocenters. The summed E-state index contributed by atoms with van der Waals surface area (Å²) in [4.78, 5) is 9.57. The predicted octanol–water partition coefficient (Wildman–Crippen LogP) is 4.59. The van der Waals surface area contributed by atoms with Crippen LogP contribution in [-0.2, 0) is 19.3 Å². The lowest BCUT2D eigenvalue weighted by molar-refractivity contribution is 0.665. The van der Waals surface area contributed by atoms with Gasteiger partial charge >= 0.3 is 0 Å². The molecular weight excluding hydrogens is 280 g/mol. The van der Waals surface area contributed by atoms with Crippen LogP contribution < -0.4 is 0 Å². The smallest absolute Gasteiger partial charge is 0.0705 e. The summed E-state index contributed by atoms with van der Waals surface area (Å²) >= 11 is 0. The monoisotopic (exact) mass is 298 g/mol. The van der Waals surface area contributed by atoms with Gasteiger partial charge in [-0.1, -0.05) is 24.3 Å². The Bertz CT molecular complexity index is 897. The van der Waals surface area contributed by atoms with Gasteiger partial charge in [-0.2, -0.15) is 0 Å². The molecule has 2 heteroatoms. The van der Waals surface area contributed by atoms with Crippen LogP contribution in [0, 0.1) is 0 Å². The van der Waals surface area contributed by atoms with E-state index >= 15 is 0 Å². The number of fused-ring (bicyclic) bond motifs is 4. The SMILES string of the molecule is c1ccc(-c2cccc3c2Cc2nc4c(cc2-3)CCCC4)nc1. The maximum absolute atomic E-state index is 5.02. The van der Waals surface area contributed by atoms with Gasteiger partial charge in [0.2, 0.25) is 0 Å². The summed E-state index contributed by atoms with van der Waals surface area (Å²) in [5.41, 5.74) is 10.4.